The summed E-state index contributed by atoms with van der Waals surface area (Å²) in [5.74, 6) is 0.309. The molecule has 0 aliphatic carbocycles. The highest BCUT2D eigenvalue weighted by Crippen LogP contribution is 2.12. The number of nitrogens with one attached hydrogen (secondary N) is 1. The van der Waals surface area contributed by atoms with E-state index < -0.39 is 0 Å². The smallest absolute Gasteiger partial charge is 0.180 e. The summed E-state index contributed by atoms with van der Waals surface area (Å²) in [6.45, 7) is 0.0440. The van der Waals surface area contributed by atoms with Gasteiger partial charge in [0.25, 0.3) is 0 Å². The maximum Gasteiger partial charge on any atom is 0.180 e. The van der Waals surface area contributed by atoms with Gasteiger partial charge in [0.15, 0.2) is 5.90 Å². The highest BCUT2D eigenvalue weighted by Gasteiger charge is 2.18. The average molecular weight is 115 g/mol. The molecule has 2 N–H and O–H groups in total. The van der Waals surface area contributed by atoms with Gasteiger partial charge in [0.05, 0.1) is 6.61 Å². The molecule has 1 unspecified atom stereocenters. The summed E-state index contributed by atoms with van der Waals surface area (Å²) in [6, 6.07) is 0. The quantitative estimate of drug-likeness (QED) is 0.510. The van der Waals surface area contributed by atoms with Gasteiger partial charge >= 0.3 is 0 Å². The molecule has 8 heavy (non-hydrogen) atoms. The molecule has 1 atom stereocenters. The van der Waals surface area contributed by atoms with Crippen molar-refractivity contribution < 1.29 is 9.84 Å². The second-order valence-corrected chi connectivity index (χ2v) is 1.88. The molecule has 1 fully saturated rings. The first kappa shape index (κ1) is 5.56. The molecule has 0 aromatic heterocycles. The van der Waals surface area contributed by atoms with E-state index in [1.165, 1.54) is 0 Å². The van der Waals surface area contributed by atoms with E-state index in [2.05, 4.69) is 0 Å². The molecule has 3 nitrogen and oxygen atoms in total. The Kier molecular flexibility index (Phi) is 1.48. The van der Waals surface area contributed by atoms with E-state index in [1.54, 1.807) is 0 Å². The van der Waals surface area contributed by atoms with Crippen LogP contribution in [0.3, 0.4) is 0 Å². The summed E-state index contributed by atoms with van der Waals surface area (Å²) < 4.78 is 4.84. The molecule has 1 aliphatic heterocycles. The van der Waals surface area contributed by atoms with Crippen molar-refractivity contribution in [3.8, 4) is 0 Å². The number of aliphatic hydroxyl groups is 1. The fourth-order valence-corrected chi connectivity index (χ4v) is 0.740. The van der Waals surface area contributed by atoms with E-state index in [9.17, 15) is 0 Å². The largest absolute Gasteiger partial charge is 0.475 e. The van der Waals surface area contributed by atoms with Crippen LogP contribution in [-0.2, 0) is 4.74 Å². The van der Waals surface area contributed by atoms with Gasteiger partial charge in [0, 0.05) is 6.42 Å². The molecule has 1 heterocycles. The third kappa shape index (κ3) is 0.980. The van der Waals surface area contributed by atoms with Gasteiger partial charge in [0.2, 0.25) is 0 Å². The summed E-state index contributed by atoms with van der Waals surface area (Å²) in [4.78, 5) is 0. The van der Waals surface area contributed by atoms with Crippen LogP contribution in [0.5, 0.6) is 0 Å². The molecule has 1 aliphatic rings. The second kappa shape index (κ2) is 2.13. The summed E-state index contributed by atoms with van der Waals surface area (Å²) in [5.41, 5.74) is 0. The minimum absolute atomic E-state index is 0.0440. The zero-order valence-electron chi connectivity index (χ0n) is 4.55. The van der Waals surface area contributed by atoms with Crippen LogP contribution < -0.4 is 0 Å². The lowest BCUT2D eigenvalue weighted by atomic mass is 10.2. The number of ether oxygens (including phenoxy) is 1. The minimum atomic E-state index is -0.0949. The first-order valence-corrected chi connectivity index (χ1v) is 2.68. The first-order chi connectivity index (χ1) is 3.83. The Morgan fingerprint density at radius 3 is 2.88 bits per heavy atom. The van der Waals surface area contributed by atoms with Gasteiger partial charge in [-0.25, -0.2) is 0 Å². The topological polar surface area (TPSA) is 53.3 Å². The number of rotatable bonds is 1. The molecule has 46 valence electrons. The van der Waals surface area contributed by atoms with Crippen LogP contribution in [0, 0.1) is 5.41 Å². The third-order valence-corrected chi connectivity index (χ3v) is 1.21. The van der Waals surface area contributed by atoms with E-state index in [0.717, 1.165) is 6.42 Å². The van der Waals surface area contributed by atoms with Gasteiger partial charge in [-0.3, -0.25) is 5.41 Å². The highest BCUT2D eigenvalue weighted by molar-refractivity contribution is 5.74. The molecule has 3 heteroatoms. The normalized spacial score (nSPS) is 28.1. The average Bonchev–Trinajstić information content (AvgIpc) is 2.14. The lowest BCUT2D eigenvalue weighted by Crippen LogP contribution is -2.10. The fraction of sp³-hybridized carbons (Fsp3) is 0.800. The molecule has 0 spiro atoms. The lowest BCUT2D eigenvalue weighted by molar-refractivity contribution is 0.124. The predicted molar refractivity (Wildman–Crippen MR) is 28.9 cm³/mol. The molecule has 1 saturated heterocycles. The Morgan fingerprint density at radius 2 is 2.62 bits per heavy atom. The van der Waals surface area contributed by atoms with E-state index in [-0.39, 0.29) is 12.7 Å². The Balaban J connectivity index is 2.32. The summed E-state index contributed by atoms with van der Waals surface area (Å²) in [5, 5.41) is 15.4. The van der Waals surface area contributed by atoms with Crippen molar-refractivity contribution in [2.75, 3.05) is 6.61 Å². The molecule has 0 amide bonds. The second-order valence-electron chi connectivity index (χ2n) is 1.88. The fourth-order valence-electron chi connectivity index (χ4n) is 0.740. The van der Waals surface area contributed by atoms with E-state index in [4.69, 9.17) is 15.3 Å². The first-order valence-electron chi connectivity index (χ1n) is 2.68. The summed E-state index contributed by atoms with van der Waals surface area (Å²) in [6.07, 6.45) is 1.39. The lowest BCUT2D eigenvalue weighted by Gasteiger charge is -2.02. The summed E-state index contributed by atoms with van der Waals surface area (Å²) in [7, 11) is 0. The zero-order chi connectivity index (χ0) is 5.98. The van der Waals surface area contributed by atoms with Gasteiger partial charge in [-0.1, -0.05) is 0 Å². The third-order valence-electron chi connectivity index (χ3n) is 1.21. The monoisotopic (exact) mass is 115 g/mol. The molecule has 0 bridgehead atoms. The Labute approximate surface area is 47.8 Å². The van der Waals surface area contributed by atoms with Crippen molar-refractivity contribution in [1.29, 1.82) is 5.41 Å². The molecule has 0 aromatic rings. The van der Waals surface area contributed by atoms with Crippen LogP contribution in [0.25, 0.3) is 0 Å². The van der Waals surface area contributed by atoms with Crippen LogP contribution in [0.4, 0.5) is 0 Å². The predicted octanol–water partition coefficient (Wildman–Crippen LogP) is 0.135. The number of hydrogen-bond acceptors (Lipinski definition) is 3. The van der Waals surface area contributed by atoms with Crippen molar-refractivity contribution >= 4 is 5.90 Å². The van der Waals surface area contributed by atoms with Crippen molar-refractivity contribution in [2.24, 2.45) is 0 Å². The van der Waals surface area contributed by atoms with Crippen LogP contribution >= 0.6 is 0 Å². The molecule has 0 saturated carbocycles. The van der Waals surface area contributed by atoms with Gasteiger partial charge in [-0.2, -0.15) is 0 Å². The van der Waals surface area contributed by atoms with Gasteiger partial charge in [0.1, 0.15) is 6.10 Å². The minimum Gasteiger partial charge on any atom is -0.475 e. The van der Waals surface area contributed by atoms with Gasteiger partial charge in [-0.05, 0) is 6.42 Å². The van der Waals surface area contributed by atoms with Crippen molar-refractivity contribution in [1.82, 2.24) is 0 Å². The number of aliphatic hydroxyl groups excluding tert-OH is 1. The molecule has 0 radical (unpaired) electrons. The zero-order valence-corrected chi connectivity index (χ0v) is 4.55. The SMILES string of the molecule is N=C1CCC(CO)O1. The van der Waals surface area contributed by atoms with Crippen LogP contribution in [0.1, 0.15) is 12.8 Å². The highest BCUT2D eigenvalue weighted by atomic mass is 16.5. The van der Waals surface area contributed by atoms with Crippen LogP contribution in [0.15, 0.2) is 0 Å². The molecular weight excluding hydrogens is 106 g/mol. The van der Waals surface area contributed by atoms with Crippen LogP contribution in [-0.4, -0.2) is 23.7 Å². The maximum atomic E-state index is 8.46. The summed E-state index contributed by atoms with van der Waals surface area (Å²) >= 11 is 0. The molecular formula is C5H9NO2. The number of hydrogen-bond donors (Lipinski definition) is 2. The maximum absolute atomic E-state index is 8.46. The van der Waals surface area contributed by atoms with Crippen LogP contribution in [0.2, 0.25) is 0 Å². The van der Waals surface area contributed by atoms with E-state index in [1.807, 2.05) is 0 Å². The van der Waals surface area contributed by atoms with Crippen molar-refractivity contribution in [2.45, 2.75) is 18.9 Å². The molecule has 0 aromatic carbocycles. The Hall–Kier alpha value is -0.570. The van der Waals surface area contributed by atoms with Gasteiger partial charge < -0.3 is 9.84 Å². The van der Waals surface area contributed by atoms with Crippen molar-refractivity contribution in [3.05, 3.63) is 0 Å². The molecule has 1 rings (SSSR count). The Bertz CT molecular complexity index is 103. The van der Waals surface area contributed by atoms with Gasteiger partial charge in [-0.15, -0.1) is 0 Å². The standard InChI is InChI=1S/C5H9NO2/c6-5-2-1-4(3-7)8-5/h4,6-7H,1-3H2. The van der Waals surface area contributed by atoms with Crippen molar-refractivity contribution in [3.63, 3.8) is 0 Å². The van der Waals surface area contributed by atoms with E-state index in [0.29, 0.717) is 12.3 Å². The van der Waals surface area contributed by atoms with E-state index >= 15 is 0 Å². The Morgan fingerprint density at radius 1 is 1.88 bits per heavy atom.